The van der Waals surface area contributed by atoms with E-state index < -0.39 is 51.6 Å². The zero-order valence-corrected chi connectivity index (χ0v) is 18.6. The number of benzene rings is 2. The van der Waals surface area contributed by atoms with E-state index in [9.17, 15) is 35.1 Å². The van der Waals surface area contributed by atoms with Gasteiger partial charge >= 0.3 is 12.4 Å². The smallest absolute Gasteiger partial charge is 0.396 e. The SMILES string of the molecule is CC(C)c1cc(N)c(F)c(Cl)c1C(F)(F)F.Cc1c(F)c(N)cc(C(C)C)c1C(F)(F)F. The molecule has 0 aliphatic heterocycles. The number of hydrogen-bond donors (Lipinski definition) is 2. The Labute approximate surface area is 185 Å². The van der Waals surface area contributed by atoms with Crippen LogP contribution >= 0.6 is 11.6 Å². The average Bonchev–Trinajstić information content (AvgIpc) is 2.61. The van der Waals surface area contributed by atoms with E-state index in [0.29, 0.717) is 0 Å². The summed E-state index contributed by atoms with van der Waals surface area (Å²) >= 11 is 5.36. The summed E-state index contributed by atoms with van der Waals surface area (Å²) in [5.41, 5.74) is 7.40. The van der Waals surface area contributed by atoms with Gasteiger partial charge in [-0.1, -0.05) is 39.3 Å². The lowest BCUT2D eigenvalue weighted by molar-refractivity contribution is -0.139. The summed E-state index contributed by atoms with van der Waals surface area (Å²) in [7, 11) is 0. The van der Waals surface area contributed by atoms with Crippen molar-refractivity contribution < 1.29 is 35.1 Å². The molecule has 0 heterocycles. The molecule has 32 heavy (non-hydrogen) atoms. The zero-order chi connectivity index (χ0) is 25.3. The fraction of sp³-hybridized carbons (Fsp3) is 0.429. The standard InChI is InChI=1S/C11H13F4N.C10H10ClF4N/c1-5(2)7-4-8(16)10(12)6(3)9(7)11(13,14)15;1-4(2)5-3-6(16)9(12)8(11)7(5)10(13,14)15/h4-5H,16H2,1-3H3;3-4H,16H2,1-2H3. The summed E-state index contributed by atoms with van der Waals surface area (Å²) < 4.78 is 103. The van der Waals surface area contributed by atoms with Crippen LogP contribution in [0.4, 0.5) is 46.5 Å². The Kier molecular flexibility index (Phi) is 8.45. The van der Waals surface area contributed by atoms with Crippen molar-refractivity contribution in [2.45, 2.75) is 58.8 Å². The maximum atomic E-state index is 13.3. The van der Waals surface area contributed by atoms with E-state index >= 15 is 0 Å². The van der Waals surface area contributed by atoms with Crippen LogP contribution in [0.1, 0.15) is 67.3 Å². The largest absolute Gasteiger partial charge is 0.418 e. The summed E-state index contributed by atoms with van der Waals surface area (Å²) in [6.07, 6.45) is -9.25. The van der Waals surface area contributed by atoms with Gasteiger partial charge in [-0.05, 0) is 47.6 Å². The fourth-order valence-corrected chi connectivity index (χ4v) is 3.41. The van der Waals surface area contributed by atoms with E-state index in [-0.39, 0.29) is 28.4 Å². The van der Waals surface area contributed by atoms with Crippen LogP contribution in [0.5, 0.6) is 0 Å². The van der Waals surface area contributed by atoms with E-state index in [2.05, 4.69) is 0 Å². The van der Waals surface area contributed by atoms with Crippen molar-refractivity contribution in [2.24, 2.45) is 0 Å². The molecule has 0 bridgehead atoms. The predicted octanol–water partition coefficient (Wildman–Crippen LogP) is 8.06. The number of nitrogens with two attached hydrogens (primary N) is 2. The minimum atomic E-state index is -4.69. The van der Waals surface area contributed by atoms with E-state index in [0.717, 1.165) is 19.1 Å². The monoisotopic (exact) mass is 490 g/mol. The van der Waals surface area contributed by atoms with Crippen LogP contribution in [0.25, 0.3) is 0 Å². The van der Waals surface area contributed by atoms with Gasteiger partial charge < -0.3 is 11.5 Å². The van der Waals surface area contributed by atoms with Crippen molar-refractivity contribution >= 4 is 23.0 Å². The third kappa shape index (κ3) is 5.96. The number of nitrogen functional groups attached to an aromatic ring is 2. The summed E-state index contributed by atoms with van der Waals surface area (Å²) in [4.78, 5) is 0. The molecule has 0 saturated heterocycles. The molecule has 0 fully saturated rings. The molecule has 0 saturated carbocycles. The van der Waals surface area contributed by atoms with Gasteiger partial charge in [0, 0.05) is 0 Å². The van der Waals surface area contributed by atoms with Gasteiger partial charge in [0.05, 0.1) is 27.5 Å². The molecular formula is C21H23ClF8N2. The summed E-state index contributed by atoms with van der Waals surface area (Å²) in [6.45, 7) is 7.43. The van der Waals surface area contributed by atoms with Crippen LogP contribution in [-0.4, -0.2) is 0 Å². The Balaban J connectivity index is 0.000000320. The number of anilines is 2. The van der Waals surface area contributed by atoms with E-state index in [1.165, 1.54) is 0 Å². The Morgan fingerprint density at radius 2 is 1.06 bits per heavy atom. The van der Waals surface area contributed by atoms with Gasteiger partial charge in [0.25, 0.3) is 0 Å². The van der Waals surface area contributed by atoms with Crippen LogP contribution in [-0.2, 0) is 12.4 Å². The van der Waals surface area contributed by atoms with Crippen LogP contribution in [0.15, 0.2) is 12.1 Å². The van der Waals surface area contributed by atoms with E-state index in [1.807, 2.05) is 0 Å². The fourth-order valence-electron chi connectivity index (χ4n) is 3.09. The highest BCUT2D eigenvalue weighted by Crippen LogP contribution is 2.43. The first-order chi connectivity index (χ1) is 14.3. The minimum absolute atomic E-state index is 0.0314. The summed E-state index contributed by atoms with van der Waals surface area (Å²) in [6, 6.07) is 2.05. The maximum Gasteiger partial charge on any atom is 0.418 e. The lowest BCUT2D eigenvalue weighted by Gasteiger charge is -2.19. The summed E-state index contributed by atoms with van der Waals surface area (Å²) in [5.74, 6) is -3.02. The topological polar surface area (TPSA) is 52.0 Å². The van der Waals surface area contributed by atoms with E-state index in [1.54, 1.807) is 27.7 Å². The molecule has 2 rings (SSSR count). The Morgan fingerprint density at radius 1 is 0.719 bits per heavy atom. The highest BCUT2D eigenvalue weighted by molar-refractivity contribution is 6.32. The number of rotatable bonds is 2. The molecule has 180 valence electrons. The van der Waals surface area contributed by atoms with Crippen molar-refractivity contribution in [2.75, 3.05) is 11.5 Å². The van der Waals surface area contributed by atoms with Crippen molar-refractivity contribution in [1.29, 1.82) is 0 Å². The van der Waals surface area contributed by atoms with Gasteiger partial charge in [-0.3, -0.25) is 0 Å². The van der Waals surface area contributed by atoms with Crippen molar-refractivity contribution in [3.05, 3.63) is 56.6 Å². The molecule has 4 N–H and O–H groups in total. The maximum absolute atomic E-state index is 13.3. The van der Waals surface area contributed by atoms with Gasteiger partial charge in [0.2, 0.25) is 0 Å². The highest BCUT2D eigenvalue weighted by Gasteiger charge is 2.39. The molecule has 0 radical (unpaired) electrons. The quantitative estimate of drug-likeness (QED) is 0.330. The Morgan fingerprint density at radius 3 is 1.41 bits per heavy atom. The molecule has 0 aromatic heterocycles. The lowest BCUT2D eigenvalue weighted by atomic mass is 9.92. The van der Waals surface area contributed by atoms with Gasteiger partial charge in [-0.25, -0.2) is 8.78 Å². The molecule has 2 aromatic rings. The first-order valence-electron chi connectivity index (χ1n) is 9.32. The molecular weight excluding hydrogens is 468 g/mol. The first kappa shape index (κ1) is 27.8. The third-order valence-corrected chi connectivity index (χ3v) is 4.99. The second-order valence-electron chi connectivity index (χ2n) is 7.73. The van der Waals surface area contributed by atoms with Gasteiger partial charge in [0.15, 0.2) is 5.82 Å². The normalized spacial score (nSPS) is 12.2. The van der Waals surface area contributed by atoms with Gasteiger partial charge in [-0.15, -0.1) is 0 Å². The molecule has 0 amide bonds. The van der Waals surface area contributed by atoms with Crippen molar-refractivity contribution in [3.63, 3.8) is 0 Å². The van der Waals surface area contributed by atoms with Gasteiger partial charge in [-0.2, -0.15) is 26.3 Å². The summed E-state index contributed by atoms with van der Waals surface area (Å²) in [5, 5.41) is -0.962. The number of alkyl halides is 6. The predicted molar refractivity (Wildman–Crippen MR) is 110 cm³/mol. The second-order valence-corrected chi connectivity index (χ2v) is 8.11. The van der Waals surface area contributed by atoms with Crippen LogP contribution < -0.4 is 11.5 Å². The lowest BCUT2D eigenvalue weighted by Crippen LogP contribution is -2.15. The van der Waals surface area contributed by atoms with Crippen molar-refractivity contribution in [3.8, 4) is 0 Å². The molecule has 0 spiro atoms. The van der Waals surface area contributed by atoms with Crippen LogP contribution in [0, 0.1) is 18.6 Å². The van der Waals surface area contributed by atoms with Crippen LogP contribution in [0.3, 0.4) is 0 Å². The minimum Gasteiger partial charge on any atom is -0.396 e. The van der Waals surface area contributed by atoms with Gasteiger partial charge in [0.1, 0.15) is 5.82 Å². The number of hydrogen-bond acceptors (Lipinski definition) is 2. The van der Waals surface area contributed by atoms with Crippen molar-refractivity contribution in [1.82, 2.24) is 0 Å². The zero-order valence-electron chi connectivity index (χ0n) is 17.9. The molecule has 0 unspecified atom stereocenters. The third-order valence-electron chi connectivity index (χ3n) is 4.63. The Bertz CT molecular complexity index is 900. The molecule has 0 aliphatic rings. The number of halogens is 9. The molecule has 2 nitrogen and oxygen atoms in total. The highest BCUT2D eigenvalue weighted by atomic mass is 35.5. The Hall–Kier alpha value is -2.23. The molecule has 0 aliphatic carbocycles. The average molecular weight is 491 g/mol. The van der Waals surface area contributed by atoms with E-state index in [4.69, 9.17) is 23.1 Å². The molecule has 0 atom stereocenters. The molecule has 2 aromatic carbocycles. The molecule has 11 heteroatoms. The first-order valence-corrected chi connectivity index (χ1v) is 9.70. The van der Waals surface area contributed by atoms with Crippen LogP contribution in [0.2, 0.25) is 5.02 Å². The second kappa shape index (κ2) is 9.72.